The van der Waals surface area contributed by atoms with E-state index in [0.29, 0.717) is 31.7 Å². The number of anilines is 3. The molecule has 1 fully saturated rings. The van der Waals surface area contributed by atoms with Crippen molar-refractivity contribution in [3.63, 3.8) is 0 Å². The van der Waals surface area contributed by atoms with Crippen molar-refractivity contribution in [1.82, 2.24) is 9.97 Å². The Labute approximate surface area is 142 Å². The Hall–Kier alpha value is -2.15. The summed E-state index contributed by atoms with van der Waals surface area (Å²) in [5.74, 6) is 0.579. The van der Waals surface area contributed by atoms with Crippen molar-refractivity contribution in [2.24, 2.45) is 5.92 Å². The number of hydrogen-bond acceptors (Lipinski definition) is 5. The van der Waals surface area contributed by atoms with E-state index in [4.69, 9.17) is 5.11 Å². The number of nitrogens with one attached hydrogen (secondary N) is 1. The van der Waals surface area contributed by atoms with E-state index in [2.05, 4.69) is 36.1 Å². The zero-order chi connectivity index (χ0) is 16.2. The van der Waals surface area contributed by atoms with Crippen LogP contribution in [0.5, 0.6) is 0 Å². The van der Waals surface area contributed by atoms with E-state index < -0.39 is 5.97 Å². The molecular weight excluding hydrogens is 360 g/mol. The molecule has 6 nitrogen and oxygen atoms in total. The molecule has 1 saturated heterocycles. The molecule has 2 aromatic rings. The van der Waals surface area contributed by atoms with Gasteiger partial charge in [-0.1, -0.05) is 12.1 Å². The van der Waals surface area contributed by atoms with Crippen LogP contribution < -0.4 is 10.2 Å². The zero-order valence-electron chi connectivity index (χ0n) is 12.4. The molecule has 3 rings (SSSR count). The number of halogens is 1. The quantitative estimate of drug-likeness (QED) is 0.852. The van der Waals surface area contributed by atoms with Crippen LogP contribution in [0.15, 0.2) is 41.1 Å². The van der Waals surface area contributed by atoms with E-state index in [1.54, 1.807) is 0 Å². The Morgan fingerprint density at radius 2 is 2.00 bits per heavy atom. The molecule has 0 saturated carbocycles. The first-order chi connectivity index (χ1) is 11.1. The molecular formula is C16H17BrN4O2. The molecule has 1 aromatic heterocycles. The number of carboxylic acid groups (broad SMARTS) is 1. The van der Waals surface area contributed by atoms with Crippen LogP contribution in [0.4, 0.5) is 17.3 Å². The Morgan fingerprint density at radius 3 is 2.70 bits per heavy atom. The number of para-hydroxylation sites is 1. The third kappa shape index (κ3) is 3.79. The molecule has 0 spiro atoms. The minimum absolute atomic E-state index is 0.244. The normalized spacial score (nSPS) is 15.4. The molecule has 23 heavy (non-hydrogen) atoms. The summed E-state index contributed by atoms with van der Waals surface area (Å²) in [5.41, 5.74) is 0.932. The number of nitrogens with zero attached hydrogens (tertiary/aromatic N) is 3. The van der Waals surface area contributed by atoms with Crippen LogP contribution in [-0.4, -0.2) is 34.1 Å². The maximum absolute atomic E-state index is 11.0. The summed E-state index contributed by atoms with van der Waals surface area (Å²) in [6.07, 6.45) is 2.82. The summed E-state index contributed by atoms with van der Waals surface area (Å²) >= 11 is 3.50. The molecule has 0 atom stereocenters. The third-order valence-electron chi connectivity index (χ3n) is 3.96. The van der Waals surface area contributed by atoms with Crippen molar-refractivity contribution in [1.29, 1.82) is 0 Å². The molecule has 0 radical (unpaired) electrons. The molecule has 0 amide bonds. The van der Waals surface area contributed by atoms with Crippen LogP contribution in [0.2, 0.25) is 0 Å². The Morgan fingerprint density at radius 1 is 1.26 bits per heavy atom. The number of carbonyl (C=O) groups is 1. The van der Waals surface area contributed by atoms with Gasteiger partial charge in [-0.3, -0.25) is 4.79 Å². The van der Waals surface area contributed by atoms with Gasteiger partial charge < -0.3 is 15.3 Å². The fourth-order valence-electron chi connectivity index (χ4n) is 2.64. The number of aromatic nitrogens is 2. The maximum Gasteiger partial charge on any atom is 0.306 e. The average Bonchev–Trinajstić information content (AvgIpc) is 2.57. The van der Waals surface area contributed by atoms with Gasteiger partial charge in [0.15, 0.2) is 0 Å². The van der Waals surface area contributed by atoms with E-state index in [9.17, 15) is 4.79 Å². The Bertz CT molecular complexity index is 702. The highest BCUT2D eigenvalue weighted by molar-refractivity contribution is 9.10. The second-order valence-corrected chi connectivity index (χ2v) is 6.32. The second kappa shape index (κ2) is 6.95. The topological polar surface area (TPSA) is 78.4 Å². The monoisotopic (exact) mass is 376 g/mol. The number of rotatable bonds is 4. The van der Waals surface area contributed by atoms with E-state index in [1.165, 1.54) is 6.33 Å². The van der Waals surface area contributed by atoms with Gasteiger partial charge in [-0.05, 0) is 40.9 Å². The zero-order valence-corrected chi connectivity index (χ0v) is 14.0. The molecule has 2 heterocycles. The summed E-state index contributed by atoms with van der Waals surface area (Å²) in [4.78, 5) is 21.7. The molecule has 0 bridgehead atoms. The van der Waals surface area contributed by atoms with Crippen molar-refractivity contribution in [2.75, 3.05) is 23.3 Å². The lowest BCUT2D eigenvalue weighted by molar-refractivity contribution is -0.142. The van der Waals surface area contributed by atoms with E-state index in [-0.39, 0.29) is 5.92 Å². The Kier molecular flexibility index (Phi) is 4.76. The van der Waals surface area contributed by atoms with Crippen molar-refractivity contribution < 1.29 is 9.90 Å². The van der Waals surface area contributed by atoms with Gasteiger partial charge in [0.1, 0.15) is 18.0 Å². The van der Waals surface area contributed by atoms with Crippen LogP contribution in [0.1, 0.15) is 12.8 Å². The molecule has 7 heteroatoms. The molecule has 0 unspecified atom stereocenters. The highest BCUT2D eigenvalue weighted by Crippen LogP contribution is 2.27. The average molecular weight is 377 g/mol. The molecule has 1 aliphatic heterocycles. The number of piperidine rings is 1. The van der Waals surface area contributed by atoms with Gasteiger partial charge >= 0.3 is 5.97 Å². The minimum Gasteiger partial charge on any atom is -0.481 e. The lowest BCUT2D eigenvalue weighted by Crippen LogP contribution is -2.36. The summed E-state index contributed by atoms with van der Waals surface area (Å²) < 4.78 is 0.961. The lowest BCUT2D eigenvalue weighted by Gasteiger charge is -2.31. The standard InChI is InChI=1S/C16H17BrN4O2/c17-12-3-1-2-4-13(12)20-14-9-15(19-10-18-14)21-7-5-11(6-8-21)16(22)23/h1-4,9-11H,5-8H2,(H,22,23)(H,18,19,20). The predicted molar refractivity (Wildman–Crippen MR) is 92.0 cm³/mol. The van der Waals surface area contributed by atoms with Crippen LogP contribution >= 0.6 is 15.9 Å². The van der Waals surface area contributed by atoms with Gasteiger partial charge in [-0.2, -0.15) is 0 Å². The van der Waals surface area contributed by atoms with Crippen molar-refractivity contribution in [2.45, 2.75) is 12.8 Å². The van der Waals surface area contributed by atoms with Crippen LogP contribution in [0, 0.1) is 5.92 Å². The third-order valence-corrected chi connectivity index (χ3v) is 4.65. The first-order valence-electron chi connectivity index (χ1n) is 7.45. The fourth-order valence-corrected chi connectivity index (χ4v) is 3.03. The molecule has 1 aromatic carbocycles. The first kappa shape index (κ1) is 15.7. The van der Waals surface area contributed by atoms with Crippen LogP contribution in [0.25, 0.3) is 0 Å². The van der Waals surface area contributed by atoms with Gasteiger partial charge in [0.05, 0.1) is 11.6 Å². The summed E-state index contributed by atoms with van der Waals surface area (Å²) in [6.45, 7) is 1.39. The maximum atomic E-state index is 11.0. The van der Waals surface area contributed by atoms with Gasteiger partial charge in [0, 0.05) is 23.6 Å². The summed E-state index contributed by atoms with van der Waals surface area (Å²) in [5, 5.41) is 12.3. The largest absolute Gasteiger partial charge is 0.481 e. The van der Waals surface area contributed by atoms with Gasteiger partial charge in [0.2, 0.25) is 0 Å². The van der Waals surface area contributed by atoms with Crippen molar-refractivity contribution in [3.05, 3.63) is 41.1 Å². The molecule has 120 valence electrons. The van der Waals surface area contributed by atoms with Crippen molar-refractivity contribution in [3.8, 4) is 0 Å². The number of benzene rings is 1. The lowest BCUT2D eigenvalue weighted by atomic mass is 9.97. The van der Waals surface area contributed by atoms with Crippen molar-refractivity contribution >= 4 is 39.2 Å². The fraction of sp³-hybridized carbons (Fsp3) is 0.312. The molecule has 0 aliphatic carbocycles. The number of carboxylic acids is 1. The van der Waals surface area contributed by atoms with Gasteiger partial charge in [-0.15, -0.1) is 0 Å². The van der Waals surface area contributed by atoms with Crippen LogP contribution in [0.3, 0.4) is 0 Å². The highest BCUT2D eigenvalue weighted by atomic mass is 79.9. The molecule has 2 N–H and O–H groups in total. The van der Waals surface area contributed by atoms with E-state index in [1.807, 2.05) is 30.3 Å². The summed E-state index contributed by atoms with van der Waals surface area (Å²) in [7, 11) is 0. The van der Waals surface area contributed by atoms with Gasteiger partial charge in [-0.25, -0.2) is 9.97 Å². The smallest absolute Gasteiger partial charge is 0.306 e. The van der Waals surface area contributed by atoms with Crippen LogP contribution in [-0.2, 0) is 4.79 Å². The SMILES string of the molecule is O=C(O)C1CCN(c2cc(Nc3ccccc3Br)ncn2)CC1. The number of aliphatic carboxylic acids is 1. The summed E-state index contributed by atoms with van der Waals surface area (Å²) in [6, 6.07) is 9.71. The van der Waals surface area contributed by atoms with E-state index in [0.717, 1.165) is 16.0 Å². The van der Waals surface area contributed by atoms with Gasteiger partial charge in [0.25, 0.3) is 0 Å². The molecule has 1 aliphatic rings. The van der Waals surface area contributed by atoms with E-state index >= 15 is 0 Å². The minimum atomic E-state index is -0.705. The predicted octanol–water partition coefficient (Wildman–Crippen LogP) is 3.28. The highest BCUT2D eigenvalue weighted by Gasteiger charge is 2.25. The number of hydrogen-bond donors (Lipinski definition) is 2. The first-order valence-corrected chi connectivity index (χ1v) is 8.24. The Balaban J connectivity index is 1.71. The second-order valence-electron chi connectivity index (χ2n) is 5.47.